The Kier molecular flexibility index (Phi) is 5.07. The van der Waals surface area contributed by atoms with E-state index in [0.717, 1.165) is 18.2 Å². The minimum Gasteiger partial charge on any atom is -0.593 e. The largest absolute Gasteiger partial charge is 0.593 e. The molecule has 0 amide bonds. The fourth-order valence-corrected chi connectivity index (χ4v) is 3.54. The second-order valence-corrected chi connectivity index (χ2v) is 6.52. The standard InChI is InChI=1S/C13H13F3N2O4S/c14-13(15,16)22-10-1-2-11(9(5-10)6-17)23(21)18-4-3-12(20,7-18)8-19/h1-2,5,19-20H,3-4,7-8H2. The minimum absolute atomic E-state index is 0.0178. The monoisotopic (exact) mass is 350 g/mol. The van der Waals surface area contributed by atoms with E-state index in [2.05, 4.69) is 4.74 Å². The Bertz CT molecular complexity index is 622. The van der Waals surface area contributed by atoms with E-state index < -0.39 is 35.7 Å². The van der Waals surface area contributed by atoms with Gasteiger partial charge in [-0.2, -0.15) is 5.26 Å². The third-order valence-electron chi connectivity index (χ3n) is 3.32. The molecule has 2 rings (SSSR count). The summed E-state index contributed by atoms with van der Waals surface area (Å²) < 4.78 is 54.1. The van der Waals surface area contributed by atoms with Gasteiger partial charge < -0.3 is 19.5 Å². The molecule has 2 atom stereocenters. The van der Waals surface area contributed by atoms with Crippen molar-refractivity contribution in [3.8, 4) is 11.8 Å². The number of nitriles is 1. The second kappa shape index (κ2) is 6.54. The average Bonchev–Trinajstić information content (AvgIpc) is 2.88. The molecule has 1 fully saturated rings. The minimum atomic E-state index is -4.89. The van der Waals surface area contributed by atoms with Crippen molar-refractivity contribution in [3.05, 3.63) is 23.8 Å². The molecule has 0 spiro atoms. The summed E-state index contributed by atoms with van der Waals surface area (Å²) in [6.45, 7) is -0.346. The fraction of sp³-hybridized carbons (Fsp3) is 0.462. The Hall–Kier alpha value is -1.51. The Balaban J connectivity index is 2.21. The third-order valence-corrected chi connectivity index (χ3v) is 4.83. The van der Waals surface area contributed by atoms with Crippen molar-refractivity contribution < 1.29 is 32.7 Å². The number of hydrogen-bond acceptors (Lipinski definition) is 6. The van der Waals surface area contributed by atoms with Gasteiger partial charge in [0.2, 0.25) is 0 Å². The van der Waals surface area contributed by atoms with Crippen LogP contribution in [0.15, 0.2) is 23.1 Å². The highest BCUT2D eigenvalue weighted by molar-refractivity contribution is 7.89. The van der Waals surface area contributed by atoms with Crippen LogP contribution in [0.4, 0.5) is 13.2 Å². The first-order valence-corrected chi connectivity index (χ1v) is 7.58. The maximum absolute atomic E-state index is 12.5. The Morgan fingerprint density at radius 1 is 1.48 bits per heavy atom. The molecule has 1 saturated heterocycles. The van der Waals surface area contributed by atoms with Crippen LogP contribution in [-0.4, -0.2) is 50.7 Å². The molecule has 1 aromatic rings. The van der Waals surface area contributed by atoms with E-state index in [9.17, 15) is 22.8 Å². The number of benzene rings is 1. The number of halogens is 3. The maximum atomic E-state index is 12.5. The van der Waals surface area contributed by atoms with Crippen LogP contribution in [0, 0.1) is 11.3 Å². The van der Waals surface area contributed by atoms with Gasteiger partial charge in [0.1, 0.15) is 23.0 Å². The van der Waals surface area contributed by atoms with Crippen LogP contribution in [0.3, 0.4) is 0 Å². The Morgan fingerprint density at radius 2 is 2.17 bits per heavy atom. The van der Waals surface area contributed by atoms with E-state index in [0.29, 0.717) is 0 Å². The van der Waals surface area contributed by atoms with Crippen LogP contribution in [0.5, 0.6) is 5.75 Å². The van der Waals surface area contributed by atoms with Gasteiger partial charge in [-0.15, -0.1) is 17.5 Å². The van der Waals surface area contributed by atoms with Crippen LogP contribution < -0.4 is 4.74 Å². The maximum Gasteiger partial charge on any atom is 0.573 e. The zero-order chi connectivity index (χ0) is 17.3. The van der Waals surface area contributed by atoms with Crippen molar-refractivity contribution in [1.82, 2.24) is 4.31 Å². The van der Waals surface area contributed by atoms with Crippen molar-refractivity contribution in [2.24, 2.45) is 0 Å². The summed E-state index contributed by atoms with van der Waals surface area (Å²) in [6.07, 6.45) is -4.69. The lowest BCUT2D eigenvalue weighted by atomic mass is 10.1. The van der Waals surface area contributed by atoms with Gasteiger partial charge in [-0.05, 0) is 12.5 Å². The molecule has 0 saturated carbocycles. The van der Waals surface area contributed by atoms with Crippen molar-refractivity contribution in [1.29, 1.82) is 5.26 Å². The van der Waals surface area contributed by atoms with Gasteiger partial charge in [0, 0.05) is 18.7 Å². The van der Waals surface area contributed by atoms with Crippen LogP contribution in [0.1, 0.15) is 12.0 Å². The first-order valence-electron chi connectivity index (χ1n) is 6.47. The molecule has 10 heteroatoms. The fourth-order valence-electron chi connectivity index (χ4n) is 2.17. The number of rotatable bonds is 4. The summed E-state index contributed by atoms with van der Waals surface area (Å²) in [5.41, 5.74) is -1.59. The first kappa shape index (κ1) is 17.8. The lowest BCUT2D eigenvalue weighted by Gasteiger charge is -2.22. The number of hydrogen-bond donors (Lipinski definition) is 2. The molecule has 1 aliphatic heterocycles. The molecule has 0 bridgehead atoms. The topological polar surface area (TPSA) is 99.8 Å². The van der Waals surface area contributed by atoms with Crippen molar-refractivity contribution in [2.45, 2.75) is 23.3 Å². The van der Waals surface area contributed by atoms with E-state index in [1.165, 1.54) is 4.31 Å². The summed E-state index contributed by atoms with van der Waals surface area (Å²) in [5, 5.41) is 28.1. The second-order valence-electron chi connectivity index (χ2n) is 5.06. The summed E-state index contributed by atoms with van der Waals surface area (Å²) in [5.74, 6) is -0.580. The molecule has 1 heterocycles. The summed E-state index contributed by atoms with van der Waals surface area (Å²) in [7, 11) is 0. The quantitative estimate of drug-likeness (QED) is 0.783. The van der Waals surface area contributed by atoms with Gasteiger partial charge in [-0.1, -0.05) is 0 Å². The highest BCUT2D eigenvalue weighted by Gasteiger charge is 2.42. The van der Waals surface area contributed by atoms with Crippen LogP contribution in [-0.2, 0) is 11.4 Å². The number of aliphatic hydroxyl groups is 2. The first-order chi connectivity index (χ1) is 10.7. The smallest absolute Gasteiger partial charge is 0.573 e. The molecule has 0 aromatic heterocycles. The van der Waals surface area contributed by atoms with Gasteiger partial charge in [0.25, 0.3) is 0 Å². The molecule has 2 N–H and O–H groups in total. The molecule has 2 unspecified atom stereocenters. The van der Waals surface area contributed by atoms with E-state index in [4.69, 9.17) is 10.4 Å². The molecular formula is C13H13F3N2O4S. The predicted molar refractivity (Wildman–Crippen MR) is 72.5 cm³/mol. The van der Waals surface area contributed by atoms with E-state index in [1.54, 1.807) is 6.07 Å². The van der Waals surface area contributed by atoms with E-state index >= 15 is 0 Å². The van der Waals surface area contributed by atoms with Gasteiger partial charge >= 0.3 is 6.36 Å². The summed E-state index contributed by atoms with van der Waals surface area (Å²) in [4.78, 5) is 0.0178. The van der Waals surface area contributed by atoms with Crippen LogP contribution >= 0.6 is 0 Å². The lowest BCUT2D eigenvalue weighted by molar-refractivity contribution is -0.274. The number of β-amino-alcohol motifs (C(OH)–C–C–N with tert-alkyl or cyclic N) is 1. The lowest BCUT2D eigenvalue weighted by Crippen LogP contribution is -2.38. The number of alkyl halides is 3. The van der Waals surface area contributed by atoms with Crippen LogP contribution in [0.25, 0.3) is 0 Å². The summed E-state index contributed by atoms with van der Waals surface area (Å²) in [6, 6.07) is 4.62. The molecule has 23 heavy (non-hydrogen) atoms. The average molecular weight is 350 g/mol. The van der Waals surface area contributed by atoms with Crippen molar-refractivity contribution in [2.75, 3.05) is 19.7 Å². The Morgan fingerprint density at radius 3 is 2.70 bits per heavy atom. The SMILES string of the molecule is N#Cc1cc(OC(F)(F)F)ccc1[S+]([O-])N1CCC(O)(CO)C1. The Labute approximate surface area is 133 Å². The normalized spacial score (nSPS) is 23.5. The van der Waals surface area contributed by atoms with Crippen LogP contribution in [0.2, 0.25) is 0 Å². The molecule has 1 aromatic carbocycles. The molecule has 0 aliphatic carbocycles. The summed E-state index contributed by atoms with van der Waals surface area (Å²) >= 11 is -1.85. The molecule has 6 nitrogen and oxygen atoms in total. The molecule has 0 radical (unpaired) electrons. The zero-order valence-electron chi connectivity index (χ0n) is 11.7. The highest BCUT2D eigenvalue weighted by atomic mass is 32.2. The molecule has 126 valence electrons. The van der Waals surface area contributed by atoms with E-state index in [1.807, 2.05) is 0 Å². The van der Waals surface area contributed by atoms with Gasteiger partial charge in [-0.3, -0.25) is 0 Å². The van der Waals surface area contributed by atoms with Gasteiger partial charge in [0.15, 0.2) is 4.90 Å². The molecule has 1 aliphatic rings. The number of aliphatic hydroxyl groups excluding tert-OH is 1. The highest BCUT2D eigenvalue weighted by Crippen LogP contribution is 2.31. The third kappa shape index (κ3) is 4.27. The predicted octanol–water partition coefficient (Wildman–Crippen LogP) is 0.909. The van der Waals surface area contributed by atoms with Crippen molar-refractivity contribution in [3.63, 3.8) is 0 Å². The number of ether oxygens (including phenoxy) is 1. The van der Waals surface area contributed by atoms with Crippen molar-refractivity contribution >= 4 is 11.4 Å². The zero-order valence-corrected chi connectivity index (χ0v) is 12.5. The number of nitrogens with zero attached hydrogens (tertiary/aromatic N) is 2. The van der Waals surface area contributed by atoms with Gasteiger partial charge in [0.05, 0.1) is 24.5 Å². The van der Waals surface area contributed by atoms with E-state index in [-0.39, 0.29) is 30.0 Å². The molecular weight excluding hydrogens is 337 g/mol. The van der Waals surface area contributed by atoms with Gasteiger partial charge in [-0.25, -0.2) is 0 Å².